The third-order valence-electron chi connectivity index (χ3n) is 5.09. The topological polar surface area (TPSA) is 49.4 Å². The van der Waals surface area contributed by atoms with E-state index in [2.05, 4.69) is 5.32 Å². The summed E-state index contributed by atoms with van der Waals surface area (Å²) in [6, 6.07) is 16.8. The molecule has 0 atom stereocenters. The average Bonchev–Trinajstić information content (AvgIpc) is 2.67. The van der Waals surface area contributed by atoms with Crippen molar-refractivity contribution in [1.29, 1.82) is 0 Å². The van der Waals surface area contributed by atoms with Gasteiger partial charge in [-0.05, 0) is 42.7 Å². The van der Waals surface area contributed by atoms with Crippen LogP contribution >= 0.6 is 11.6 Å². The van der Waals surface area contributed by atoms with E-state index in [1.54, 1.807) is 24.3 Å². The minimum Gasteiger partial charge on any atom is -0.352 e. The smallest absolute Gasteiger partial charge is 0.253 e. The SMILES string of the molecule is CC1(C(=O)NCc2ccccc2)CCN(C(=O)c2ccc(Cl)cc2)CC1. The molecule has 1 aliphatic rings. The van der Waals surface area contributed by atoms with Gasteiger partial charge in [0.15, 0.2) is 0 Å². The van der Waals surface area contributed by atoms with Crippen LogP contribution in [-0.2, 0) is 11.3 Å². The van der Waals surface area contributed by atoms with E-state index in [0.29, 0.717) is 43.1 Å². The van der Waals surface area contributed by atoms with E-state index in [9.17, 15) is 9.59 Å². The van der Waals surface area contributed by atoms with E-state index in [0.717, 1.165) is 5.56 Å². The van der Waals surface area contributed by atoms with Gasteiger partial charge in [-0.25, -0.2) is 0 Å². The summed E-state index contributed by atoms with van der Waals surface area (Å²) in [7, 11) is 0. The standard InChI is InChI=1S/C21H23ClN2O2/c1-21(20(26)23-15-16-5-3-2-4-6-16)11-13-24(14-12-21)19(25)17-7-9-18(22)10-8-17/h2-10H,11-15H2,1H3,(H,23,26). The molecule has 0 bridgehead atoms. The van der Waals surface area contributed by atoms with Gasteiger partial charge in [0.25, 0.3) is 5.91 Å². The Hall–Kier alpha value is -2.33. The second-order valence-electron chi connectivity index (χ2n) is 7.03. The third kappa shape index (κ3) is 4.25. The van der Waals surface area contributed by atoms with Crippen LogP contribution in [0.2, 0.25) is 5.02 Å². The number of likely N-dealkylation sites (tertiary alicyclic amines) is 1. The zero-order valence-electron chi connectivity index (χ0n) is 14.9. The molecule has 0 saturated carbocycles. The largest absolute Gasteiger partial charge is 0.352 e. The predicted octanol–water partition coefficient (Wildman–Crippen LogP) is 3.90. The van der Waals surface area contributed by atoms with E-state index >= 15 is 0 Å². The van der Waals surface area contributed by atoms with Crippen LogP contribution in [0.15, 0.2) is 54.6 Å². The Kier molecular flexibility index (Phi) is 5.62. The van der Waals surface area contributed by atoms with E-state index < -0.39 is 5.41 Å². The number of rotatable bonds is 4. The maximum absolute atomic E-state index is 12.6. The van der Waals surface area contributed by atoms with Gasteiger partial charge in [-0.2, -0.15) is 0 Å². The van der Waals surface area contributed by atoms with Crippen LogP contribution in [0.4, 0.5) is 0 Å². The maximum Gasteiger partial charge on any atom is 0.253 e. The molecule has 136 valence electrons. The Bertz CT molecular complexity index is 766. The molecule has 1 saturated heterocycles. The summed E-state index contributed by atoms with van der Waals surface area (Å²) in [5.41, 5.74) is 1.28. The minimum absolute atomic E-state index is 0.00610. The second kappa shape index (κ2) is 7.92. The van der Waals surface area contributed by atoms with E-state index in [1.165, 1.54) is 0 Å². The molecule has 0 spiro atoms. The average molecular weight is 371 g/mol. The zero-order valence-corrected chi connectivity index (χ0v) is 15.6. The van der Waals surface area contributed by atoms with Crippen LogP contribution in [0.5, 0.6) is 0 Å². The lowest BCUT2D eigenvalue weighted by molar-refractivity contribution is -0.132. The molecule has 5 heteroatoms. The Morgan fingerprint density at radius 3 is 2.27 bits per heavy atom. The number of benzene rings is 2. The highest BCUT2D eigenvalue weighted by Gasteiger charge is 2.38. The van der Waals surface area contributed by atoms with Gasteiger partial charge in [0, 0.05) is 35.6 Å². The van der Waals surface area contributed by atoms with E-state index in [-0.39, 0.29) is 11.8 Å². The lowest BCUT2D eigenvalue weighted by Crippen LogP contribution is -2.48. The van der Waals surface area contributed by atoms with Gasteiger partial charge >= 0.3 is 0 Å². The number of nitrogens with one attached hydrogen (secondary N) is 1. The molecule has 4 nitrogen and oxygen atoms in total. The predicted molar refractivity (Wildman–Crippen MR) is 103 cm³/mol. The summed E-state index contributed by atoms with van der Waals surface area (Å²) in [4.78, 5) is 27.0. The van der Waals surface area contributed by atoms with Crippen molar-refractivity contribution in [3.8, 4) is 0 Å². The number of amides is 2. The van der Waals surface area contributed by atoms with Crippen LogP contribution in [-0.4, -0.2) is 29.8 Å². The fourth-order valence-electron chi connectivity index (χ4n) is 3.20. The number of halogens is 1. The highest BCUT2D eigenvalue weighted by molar-refractivity contribution is 6.30. The number of hydrogen-bond acceptors (Lipinski definition) is 2. The highest BCUT2D eigenvalue weighted by Crippen LogP contribution is 2.32. The van der Waals surface area contributed by atoms with Crippen LogP contribution in [0, 0.1) is 5.41 Å². The first-order valence-electron chi connectivity index (χ1n) is 8.85. The number of carbonyl (C=O) groups is 2. The molecule has 1 N–H and O–H groups in total. The van der Waals surface area contributed by atoms with Crippen molar-refractivity contribution < 1.29 is 9.59 Å². The molecule has 2 aromatic rings. The van der Waals surface area contributed by atoms with Crippen LogP contribution in [0.1, 0.15) is 35.7 Å². The minimum atomic E-state index is -0.439. The molecule has 2 aromatic carbocycles. The Morgan fingerprint density at radius 2 is 1.65 bits per heavy atom. The molecule has 1 aliphatic heterocycles. The molecular weight excluding hydrogens is 348 g/mol. The first-order valence-corrected chi connectivity index (χ1v) is 9.23. The number of carbonyl (C=O) groups excluding carboxylic acids is 2. The molecule has 1 fully saturated rings. The van der Waals surface area contributed by atoms with Gasteiger partial charge in [-0.15, -0.1) is 0 Å². The molecular formula is C21H23ClN2O2. The van der Waals surface area contributed by atoms with Gasteiger partial charge in [-0.3, -0.25) is 9.59 Å². The fraction of sp³-hybridized carbons (Fsp3) is 0.333. The normalized spacial score (nSPS) is 16.2. The van der Waals surface area contributed by atoms with Crippen LogP contribution in [0.25, 0.3) is 0 Å². The maximum atomic E-state index is 12.6. The summed E-state index contributed by atoms with van der Waals surface area (Å²) in [6.45, 7) is 3.67. The van der Waals surface area contributed by atoms with Crippen LogP contribution in [0.3, 0.4) is 0 Å². The molecule has 26 heavy (non-hydrogen) atoms. The van der Waals surface area contributed by atoms with Gasteiger partial charge in [0.05, 0.1) is 0 Å². The summed E-state index contributed by atoms with van der Waals surface area (Å²) in [5, 5.41) is 3.65. The van der Waals surface area contributed by atoms with Crippen molar-refractivity contribution in [2.24, 2.45) is 5.41 Å². The quantitative estimate of drug-likeness (QED) is 0.887. The van der Waals surface area contributed by atoms with Gasteiger partial charge in [0.1, 0.15) is 0 Å². The molecule has 2 amide bonds. The van der Waals surface area contributed by atoms with Crippen molar-refractivity contribution in [1.82, 2.24) is 10.2 Å². The molecule has 0 aromatic heterocycles. The molecule has 1 heterocycles. The van der Waals surface area contributed by atoms with Gasteiger partial charge < -0.3 is 10.2 Å². The monoisotopic (exact) mass is 370 g/mol. The molecule has 0 radical (unpaired) electrons. The van der Waals surface area contributed by atoms with E-state index in [1.807, 2.05) is 42.2 Å². The van der Waals surface area contributed by atoms with Crippen molar-refractivity contribution >= 4 is 23.4 Å². The number of nitrogens with zero attached hydrogens (tertiary/aromatic N) is 1. The van der Waals surface area contributed by atoms with Gasteiger partial charge in [0.2, 0.25) is 5.91 Å². The Labute approximate surface area is 159 Å². The second-order valence-corrected chi connectivity index (χ2v) is 7.46. The summed E-state index contributed by atoms with van der Waals surface area (Å²) >= 11 is 5.88. The third-order valence-corrected chi connectivity index (χ3v) is 5.34. The van der Waals surface area contributed by atoms with Crippen molar-refractivity contribution in [3.63, 3.8) is 0 Å². The lowest BCUT2D eigenvalue weighted by Gasteiger charge is -2.38. The first kappa shape index (κ1) is 18.5. The van der Waals surface area contributed by atoms with Crippen molar-refractivity contribution in [2.45, 2.75) is 26.3 Å². The van der Waals surface area contributed by atoms with Crippen molar-refractivity contribution in [3.05, 3.63) is 70.7 Å². The Balaban J connectivity index is 1.55. The van der Waals surface area contributed by atoms with E-state index in [4.69, 9.17) is 11.6 Å². The first-order chi connectivity index (χ1) is 12.5. The summed E-state index contributed by atoms with van der Waals surface area (Å²) in [5.74, 6) is 0.0494. The summed E-state index contributed by atoms with van der Waals surface area (Å²) in [6.07, 6.45) is 1.32. The lowest BCUT2D eigenvalue weighted by atomic mass is 9.79. The van der Waals surface area contributed by atoms with Crippen molar-refractivity contribution in [2.75, 3.05) is 13.1 Å². The molecule has 0 aliphatic carbocycles. The Morgan fingerprint density at radius 1 is 1.04 bits per heavy atom. The highest BCUT2D eigenvalue weighted by atomic mass is 35.5. The molecule has 0 unspecified atom stereocenters. The fourth-order valence-corrected chi connectivity index (χ4v) is 3.32. The molecule has 3 rings (SSSR count). The van der Waals surface area contributed by atoms with Crippen LogP contribution < -0.4 is 5.32 Å². The number of hydrogen-bond donors (Lipinski definition) is 1. The zero-order chi connectivity index (χ0) is 18.6. The van der Waals surface area contributed by atoms with Gasteiger partial charge in [-0.1, -0.05) is 48.9 Å². The number of piperidine rings is 1. The summed E-state index contributed by atoms with van der Waals surface area (Å²) < 4.78 is 0.